The van der Waals surface area contributed by atoms with E-state index in [0.717, 1.165) is 54.0 Å². The van der Waals surface area contributed by atoms with Crippen molar-refractivity contribution in [1.29, 1.82) is 0 Å². The fraction of sp³-hybridized carbons (Fsp3) is 0.333. The van der Waals surface area contributed by atoms with Gasteiger partial charge in [0.05, 0.1) is 0 Å². The van der Waals surface area contributed by atoms with E-state index < -0.39 is 0 Å². The van der Waals surface area contributed by atoms with E-state index in [0.29, 0.717) is 0 Å². The minimum atomic E-state index is 0.119. The first-order valence-corrected chi connectivity index (χ1v) is 9.07. The largest absolute Gasteiger partial charge is 0.310 e. The Hall–Kier alpha value is -2.62. The molecule has 3 aromatic rings. The second kappa shape index (κ2) is 6.71. The number of imidazole rings is 1. The van der Waals surface area contributed by atoms with E-state index in [1.807, 2.05) is 53.1 Å². The average molecular weight is 333 g/mol. The smallest absolute Gasteiger partial charge is 0.228 e. The van der Waals surface area contributed by atoms with Crippen molar-refractivity contribution in [3.63, 3.8) is 0 Å². The summed E-state index contributed by atoms with van der Waals surface area (Å²) in [4.78, 5) is 17.6. The van der Waals surface area contributed by atoms with Gasteiger partial charge >= 0.3 is 0 Å². The third-order valence-corrected chi connectivity index (χ3v) is 5.05. The minimum Gasteiger partial charge on any atom is -0.310 e. The zero-order valence-corrected chi connectivity index (χ0v) is 14.5. The SMILES string of the molecule is Cc1ccn2c(NC(=O)C3CCCCC3)c(-c3ccccc3)nc2c1. The molecule has 1 amide bonds. The number of aromatic nitrogens is 2. The summed E-state index contributed by atoms with van der Waals surface area (Å²) in [5.41, 5.74) is 3.86. The summed E-state index contributed by atoms with van der Waals surface area (Å²) in [5.74, 6) is 1.02. The van der Waals surface area contributed by atoms with Crippen LogP contribution in [-0.4, -0.2) is 15.3 Å². The highest BCUT2D eigenvalue weighted by Crippen LogP contribution is 2.31. The van der Waals surface area contributed by atoms with E-state index in [1.165, 1.54) is 6.42 Å². The number of amides is 1. The van der Waals surface area contributed by atoms with Crippen LogP contribution in [0.1, 0.15) is 37.7 Å². The molecule has 4 heteroatoms. The van der Waals surface area contributed by atoms with Gasteiger partial charge in [-0.15, -0.1) is 0 Å². The summed E-state index contributed by atoms with van der Waals surface area (Å²) in [7, 11) is 0. The van der Waals surface area contributed by atoms with Crippen molar-refractivity contribution >= 4 is 17.4 Å². The Bertz CT molecular complexity index is 892. The third kappa shape index (κ3) is 3.16. The van der Waals surface area contributed by atoms with E-state index in [4.69, 9.17) is 4.98 Å². The molecule has 1 N–H and O–H groups in total. The summed E-state index contributed by atoms with van der Waals surface area (Å²) in [5, 5.41) is 3.18. The van der Waals surface area contributed by atoms with Gasteiger partial charge < -0.3 is 5.32 Å². The lowest BCUT2D eigenvalue weighted by Gasteiger charge is -2.21. The van der Waals surface area contributed by atoms with Crippen LogP contribution in [0.25, 0.3) is 16.9 Å². The third-order valence-electron chi connectivity index (χ3n) is 5.05. The number of rotatable bonds is 3. The first-order valence-electron chi connectivity index (χ1n) is 9.07. The first kappa shape index (κ1) is 15.9. The Morgan fingerprint density at radius 3 is 2.64 bits per heavy atom. The Morgan fingerprint density at radius 1 is 1.12 bits per heavy atom. The molecule has 1 aromatic carbocycles. The number of nitrogens with one attached hydrogen (secondary N) is 1. The number of benzene rings is 1. The maximum absolute atomic E-state index is 12.8. The Balaban J connectivity index is 1.76. The summed E-state index contributed by atoms with van der Waals surface area (Å²) in [6.07, 6.45) is 7.51. The van der Waals surface area contributed by atoms with Crippen LogP contribution in [0.5, 0.6) is 0 Å². The quantitative estimate of drug-likeness (QED) is 0.746. The summed E-state index contributed by atoms with van der Waals surface area (Å²) >= 11 is 0. The molecule has 1 aliphatic rings. The van der Waals surface area contributed by atoms with E-state index in [9.17, 15) is 4.79 Å². The van der Waals surface area contributed by atoms with Gasteiger partial charge in [-0.1, -0.05) is 49.6 Å². The van der Waals surface area contributed by atoms with Gasteiger partial charge in [0, 0.05) is 17.7 Å². The van der Waals surface area contributed by atoms with Crippen molar-refractivity contribution in [2.75, 3.05) is 5.32 Å². The maximum Gasteiger partial charge on any atom is 0.228 e. The molecule has 2 aromatic heterocycles. The van der Waals surface area contributed by atoms with Crippen LogP contribution in [0.3, 0.4) is 0 Å². The molecular weight excluding hydrogens is 310 g/mol. The van der Waals surface area contributed by atoms with Crippen LogP contribution in [-0.2, 0) is 4.79 Å². The lowest BCUT2D eigenvalue weighted by Crippen LogP contribution is -2.25. The topological polar surface area (TPSA) is 46.4 Å². The number of hydrogen-bond acceptors (Lipinski definition) is 2. The molecule has 0 spiro atoms. The molecule has 0 bridgehead atoms. The molecule has 0 saturated heterocycles. The van der Waals surface area contributed by atoms with Crippen molar-refractivity contribution in [3.8, 4) is 11.3 Å². The van der Waals surface area contributed by atoms with Crippen LogP contribution in [0.15, 0.2) is 48.7 Å². The normalized spacial score (nSPS) is 15.4. The van der Waals surface area contributed by atoms with Crippen molar-refractivity contribution in [1.82, 2.24) is 9.38 Å². The van der Waals surface area contributed by atoms with Gasteiger partial charge in [-0.2, -0.15) is 0 Å². The zero-order valence-electron chi connectivity index (χ0n) is 14.5. The zero-order chi connectivity index (χ0) is 17.2. The Kier molecular flexibility index (Phi) is 4.26. The molecule has 0 unspecified atom stereocenters. The molecule has 25 heavy (non-hydrogen) atoms. The van der Waals surface area contributed by atoms with E-state index in [1.54, 1.807) is 0 Å². The standard InChI is InChI=1S/C21H23N3O/c1-15-12-13-24-18(14-15)22-19(16-8-4-2-5-9-16)20(24)23-21(25)17-10-6-3-7-11-17/h2,4-5,8-9,12-14,17H,3,6-7,10-11H2,1H3,(H,23,25). The van der Waals surface area contributed by atoms with Crippen LogP contribution in [0.2, 0.25) is 0 Å². The number of carbonyl (C=O) groups is 1. The van der Waals surface area contributed by atoms with E-state index >= 15 is 0 Å². The number of nitrogens with zero attached hydrogens (tertiary/aromatic N) is 2. The van der Waals surface area contributed by atoms with E-state index in [2.05, 4.69) is 12.2 Å². The van der Waals surface area contributed by atoms with Crippen LogP contribution in [0.4, 0.5) is 5.82 Å². The number of fused-ring (bicyclic) bond motifs is 1. The van der Waals surface area contributed by atoms with Gasteiger partial charge in [0.2, 0.25) is 5.91 Å². The van der Waals surface area contributed by atoms with Gasteiger partial charge in [0.15, 0.2) is 0 Å². The fourth-order valence-corrected chi connectivity index (χ4v) is 3.65. The van der Waals surface area contributed by atoms with Gasteiger partial charge in [-0.3, -0.25) is 9.20 Å². The highest BCUT2D eigenvalue weighted by molar-refractivity contribution is 5.96. The molecule has 1 aliphatic carbocycles. The van der Waals surface area contributed by atoms with E-state index in [-0.39, 0.29) is 11.8 Å². The Morgan fingerprint density at radius 2 is 1.88 bits per heavy atom. The molecule has 0 atom stereocenters. The summed E-state index contributed by atoms with van der Waals surface area (Å²) < 4.78 is 1.98. The second-order valence-corrected chi connectivity index (χ2v) is 6.93. The van der Waals surface area contributed by atoms with Crippen molar-refractivity contribution in [2.24, 2.45) is 5.92 Å². The predicted molar refractivity (Wildman–Crippen MR) is 101 cm³/mol. The molecule has 2 heterocycles. The lowest BCUT2D eigenvalue weighted by atomic mass is 9.88. The number of anilines is 1. The van der Waals surface area contributed by atoms with Gasteiger partial charge in [-0.05, 0) is 37.5 Å². The molecule has 1 saturated carbocycles. The first-order chi connectivity index (χ1) is 12.2. The molecule has 0 aliphatic heterocycles. The van der Waals surface area contributed by atoms with Crippen molar-refractivity contribution in [3.05, 3.63) is 54.2 Å². The van der Waals surface area contributed by atoms with Crippen LogP contribution < -0.4 is 5.32 Å². The molecule has 128 valence electrons. The van der Waals surface area contributed by atoms with Gasteiger partial charge in [-0.25, -0.2) is 4.98 Å². The molecule has 4 rings (SSSR count). The van der Waals surface area contributed by atoms with Gasteiger partial charge in [0.1, 0.15) is 17.2 Å². The predicted octanol–water partition coefficient (Wildman–Crippen LogP) is 4.83. The molecule has 0 radical (unpaired) electrons. The second-order valence-electron chi connectivity index (χ2n) is 6.93. The molecule has 4 nitrogen and oxygen atoms in total. The Labute approximate surface area is 147 Å². The molecule has 1 fully saturated rings. The fourth-order valence-electron chi connectivity index (χ4n) is 3.65. The average Bonchev–Trinajstić information content (AvgIpc) is 3.00. The highest BCUT2D eigenvalue weighted by atomic mass is 16.2. The molecular formula is C21H23N3O. The highest BCUT2D eigenvalue weighted by Gasteiger charge is 2.24. The number of pyridine rings is 1. The van der Waals surface area contributed by atoms with Crippen LogP contribution >= 0.6 is 0 Å². The van der Waals surface area contributed by atoms with Gasteiger partial charge in [0.25, 0.3) is 0 Å². The summed E-state index contributed by atoms with van der Waals surface area (Å²) in [6, 6.07) is 14.1. The van der Waals surface area contributed by atoms with Crippen LogP contribution in [0, 0.1) is 12.8 Å². The van der Waals surface area contributed by atoms with Crippen molar-refractivity contribution in [2.45, 2.75) is 39.0 Å². The lowest BCUT2D eigenvalue weighted by molar-refractivity contribution is -0.120. The maximum atomic E-state index is 12.8. The number of aryl methyl sites for hydroxylation is 1. The number of hydrogen-bond donors (Lipinski definition) is 1. The van der Waals surface area contributed by atoms with Crippen molar-refractivity contribution < 1.29 is 4.79 Å². The summed E-state index contributed by atoms with van der Waals surface area (Å²) in [6.45, 7) is 2.05. The minimum absolute atomic E-state index is 0.119. The number of carbonyl (C=O) groups excluding carboxylic acids is 1. The monoisotopic (exact) mass is 333 g/mol.